The van der Waals surface area contributed by atoms with Crippen molar-refractivity contribution in [3.63, 3.8) is 0 Å². The summed E-state index contributed by atoms with van der Waals surface area (Å²) >= 11 is 0. The Kier molecular flexibility index (Phi) is 5.05. The number of nitrogens with zero attached hydrogens (tertiary/aromatic N) is 4. The molecular formula is C23H26N6O3. The SMILES string of the molecule is CCn1c(=O)[nH]c2cc(CN3CC4CC3CN4c3ccc(C(=O)NC)nc3)ccc2c1=O. The van der Waals surface area contributed by atoms with Gasteiger partial charge in [-0.1, -0.05) is 6.07 Å². The molecule has 2 N–H and O–H groups in total. The number of pyridine rings is 1. The van der Waals surface area contributed by atoms with Crippen LogP contribution in [0.25, 0.3) is 10.9 Å². The molecule has 1 aromatic carbocycles. The molecule has 0 radical (unpaired) electrons. The minimum Gasteiger partial charge on any atom is -0.364 e. The van der Waals surface area contributed by atoms with Crippen LogP contribution in [0.3, 0.4) is 0 Å². The zero-order valence-corrected chi connectivity index (χ0v) is 18.2. The summed E-state index contributed by atoms with van der Waals surface area (Å²) in [4.78, 5) is 48.3. The predicted molar refractivity (Wildman–Crippen MR) is 122 cm³/mol. The van der Waals surface area contributed by atoms with Crippen molar-refractivity contribution in [1.29, 1.82) is 0 Å². The number of rotatable bonds is 5. The number of fused-ring (bicyclic) bond motifs is 3. The van der Waals surface area contributed by atoms with Gasteiger partial charge in [0.2, 0.25) is 0 Å². The summed E-state index contributed by atoms with van der Waals surface area (Å²) in [5.74, 6) is -0.184. The molecule has 0 saturated carbocycles. The lowest BCUT2D eigenvalue weighted by Crippen LogP contribution is -2.46. The summed E-state index contributed by atoms with van der Waals surface area (Å²) in [6.45, 7) is 4.76. The average Bonchev–Trinajstić information content (AvgIpc) is 3.39. The number of likely N-dealkylation sites (tertiary alicyclic amines) is 1. The van der Waals surface area contributed by atoms with Gasteiger partial charge >= 0.3 is 5.69 Å². The Hall–Kier alpha value is -3.46. The van der Waals surface area contributed by atoms with Gasteiger partial charge in [-0.15, -0.1) is 0 Å². The lowest BCUT2D eigenvalue weighted by molar-refractivity contribution is 0.0958. The Morgan fingerprint density at radius 1 is 1.19 bits per heavy atom. The van der Waals surface area contributed by atoms with Crippen LogP contribution in [0.5, 0.6) is 0 Å². The van der Waals surface area contributed by atoms with Crippen LogP contribution >= 0.6 is 0 Å². The maximum Gasteiger partial charge on any atom is 0.328 e. The highest BCUT2D eigenvalue weighted by atomic mass is 16.2. The van der Waals surface area contributed by atoms with Gasteiger partial charge in [-0.05, 0) is 43.2 Å². The second kappa shape index (κ2) is 7.90. The monoisotopic (exact) mass is 434 g/mol. The topological polar surface area (TPSA) is 103 Å². The number of amides is 1. The average molecular weight is 435 g/mol. The van der Waals surface area contributed by atoms with Crippen molar-refractivity contribution in [1.82, 2.24) is 24.8 Å². The van der Waals surface area contributed by atoms with Crippen LogP contribution in [0.15, 0.2) is 46.1 Å². The van der Waals surface area contributed by atoms with Gasteiger partial charge in [0.25, 0.3) is 11.5 Å². The van der Waals surface area contributed by atoms with E-state index in [1.165, 1.54) is 4.57 Å². The number of piperazine rings is 1. The van der Waals surface area contributed by atoms with Crippen LogP contribution in [-0.4, -0.2) is 57.6 Å². The van der Waals surface area contributed by atoms with Gasteiger partial charge in [0, 0.05) is 45.3 Å². The highest BCUT2D eigenvalue weighted by molar-refractivity contribution is 5.92. The van der Waals surface area contributed by atoms with Crippen molar-refractivity contribution in [2.45, 2.75) is 38.5 Å². The molecule has 5 rings (SSSR count). The van der Waals surface area contributed by atoms with E-state index in [0.717, 1.165) is 37.3 Å². The fourth-order valence-corrected chi connectivity index (χ4v) is 5.00. The molecule has 2 aliphatic rings. The first kappa shape index (κ1) is 20.4. The molecule has 2 aromatic heterocycles. The fourth-order valence-electron chi connectivity index (χ4n) is 5.00. The third-order valence-corrected chi connectivity index (χ3v) is 6.64. The first-order chi connectivity index (χ1) is 15.5. The molecule has 166 valence electrons. The minimum absolute atomic E-state index is 0.184. The molecular weight excluding hydrogens is 408 g/mol. The van der Waals surface area contributed by atoms with E-state index in [0.29, 0.717) is 35.2 Å². The normalized spacial score (nSPS) is 20.2. The van der Waals surface area contributed by atoms with Gasteiger partial charge in [0.1, 0.15) is 5.69 Å². The molecule has 4 heterocycles. The molecule has 32 heavy (non-hydrogen) atoms. The molecule has 1 amide bonds. The third kappa shape index (κ3) is 3.38. The van der Waals surface area contributed by atoms with E-state index in [9.17, 15) is 14.4 Å². The van der Waals surface area contributed by atoms with Crippen molar-refractivity contribution in [2.75, 3.05) is 25.0 Å². The first-order valence-corrected chi connectivity index (χ1v) is 10.9. The van der Waals surface area contributed by atoms with Crippen LogP contribution in [0.1, 0.15) is 29.4 Å². The van der Waals surface area contributed by atoms with Crippen molar-refractivity contribution in [2.24, 2.45) is 0 Å². The van der Waals surface area contributed by atoms with Crippen LogP contribution < -0.4 is 21.5 Å². The maximum absolute atomic E-state index is 12.5. The number of nitrogens with one attached hydrogen (secondary N) is 2. The number of benzene rings is 1. The van der Waals surface area contributed by atoms with E-state index in [1.807, 2.05) is 24.3 Å². The third-order valence-electron chi connectivity index (χ3n) is 6.64. The molecule has 2 aliphatic heterocycles. The van der Waals surface area contributed by atoms with Gasteiger partial charge in [0.15, 0.2) is 0 Å². The summed E-state index contributed by atoms with van der Waals surface area (Å²) in [5, 5.41) is 3.13. The Morgan fingerprint density at radius 2 is 2.03 bits per heavy atom. The zero-order valence-electron chi connectivity index (χ0n) is 18.2. The maximum atomic E-state index is 12.5. The number of carbonyl (C=O) groups is 1. The Labute approximate surface area is 184 Å². The van der Waals surface area contributed by atoms with Crippen molar-refractivity contribution in [3.8, 4) is 0 Å². The highest BCUT2D eigenvalue weighted by Gasteiger charge is 2.43. The van der Waals surface area contributed by atoms with Gasteiger partial charge in [0.05, 0.1) is 22.8 Å². The van der Waals surface area contributed by atoms with E-state index in [4.69, 9.17) is 0 Å². The minimum atomic E-state index is -0.367. The van der Waals surface area contributed by atoms with Crippen LogP contribution in [-0.2, 0) is 13.1 Å². The molecule has 2 saturated heterocycles. The van der Waals surface area contributed by atoms with E-state index >= 15 is 0 Å². The zero-order chi connectivity index (χ0) is 22.4. The second-order valence-corrected chi connectivity index (χ2v) is 8.47. The fraction of sp³-hybridized carbons (Fsp3) is 0.391. The predicted octanol–water partition coefficient (Wildman–Crippen LogP) is 0.927. The van der Waals surface area contributed by atoms with E-state index < -0.39 is 0 Å². The quantitative estimate of drug-likeness (QED) is 0.619. The summed E-state index contributed by atoms with van der Waals surface area (Å²) in [6, 6.07) is 10.3. The summed E-state index contributed by atoms with van der Waals surface area (Å²) in [5.41, 5.74) is 2.52. The smallest absolute Gasteiger partial charge is 0.328 e. The number of aromatic nitrogens is 3. The van der Waals surface area contributed by atoms with Gasteiger partial charge in [-0.2, -0.15) is 0 Å². The lowest BCUT2D eigenvalue weighted by atomic mass is 10.1. The first-order valence-electron chi connectivity index (χ1n) is 10.9. The molecule has 2 unspecified atom stereocenters. The van der Waals surface area contributed by atoms with Gasteiger partial charge < -0.3 is 15.2 Å². The van der Waals surface area contributed by atoms with E-state index in [1.54, 1.807) is 26.2 Å². The molecule has 0 spiro atoms. The van der Waals surface area contributed by atoms with Crippen molar-refractivity contribution in [3.05, 3.63) is 68.6 Å². The van der Waals surface area contributed by atoms with Crippen LogP contribution in [0, 0.1) is 0 Å². The van der Waals surface area contributed by atoms with Crippen LogP contribution in [0.2, 0.25) is 0 Å². The van der Waals surface area contributed by atoms with Crippen LogP contribution in [0.4, 0.5) is 5.69 Å². The molecule has 9 heteroatoms. The molecule has 2 atom stereocenters. The summed E-state index contributed by atoms with van der Waals surface area (Å²) in [7, 11) is 1.60. The Bertz CT molecular complexity index is 1300. The summed E-state index contributed by atoms with van der Waals surface area (Å²) < 4.78 is 1.21. The van der Waals surface area contributed by atoms with E-state index in [-0.39, 0.29) is 17.2 Å². The molecule has 9 nitrogen and oxygen atoms in total. The van der Waals surface area contributed by atoms with E-state index in [2.05, 4.69) is 25.1 Å². The largest absolute Gasteiger partial charge is 0.364 e. The Morgan fingerprint density at radius 3 is 2.69 bits per heavy atom. The van der Waals surface area contributed by atoms with Gasteiger partial charge in [-0.25, -0.2) is 9.78 Å². The highest BCUT2D eigenvalue weighted by Crippen LogP contribution is 2.35. The second-order valence-electron chi connectivity index (χ2n) is 8.47. The number of hydrogen-bond acceptors (Lipinski definition) is 6. The van der Waals surface area contributed by atoms with Gasteiger partial charge in [-0.3, -0.25) is 19.1 Å². The number of aromatic amines is 1. The lowest BCUT2D eigenvalue weighted by Gasteiger charge is -2.35. The number of anilines is 1. The Balaban J connectivity index is 1.30. The number of carbonyl (C=O) groups excluding carboxylic acids is 1. The van der Waals surface area contributed by atoms with Crippen molar-refractivity contribution < 1.29 is 4.79 Å². The van der Waals surface area contributed by atoms with Crippen molar-refractivity contribution >= 4 is 22.5 Å². The molecule has 2 bridgehead atoms. The summed E-state index contributed by atoms with van der Waals surface area (Å²) in [6.07, 6.45) is 2.86. The molecule has 0 aliphatic carbocycles. The molecule has 2 fully saturated rings. The number of H-pyrrole nitrogens is 1. The number of hydrogen-bond donors (Lipinski definition) is 2. The standard InChI is InChI=1S/C23H26N6O3/c1-3-28-22(31)18-6-4-14(8-20(18)26-23(28)32)11-27-12-17-9-16(27)13-29(17)15-5-7-19(25-10-15)21(30)24-2/h4-8,10,16-17H,3,9,11-13H2,1-2H3,(H,24,30)(H,26,32). The molecule has 3 aromatic rings.